The second-order valence-corrected chi connectivity index (χ2v) is 5.29. The van der Waals surface area contributed by atoms with E-state index in [0.717, 1.165) is 19.0 Å². The Morgan fingerprint density at radius 2 is 2.25 bits per heavy atom. The van der Waals surface area contributed by atoms with Crippen molar-refractivity contribution < 1.29 is 0 Å². The molecule has 1 fully saturated rings. The lowest BCUT2D eigenvalue weighted by Gasteiger charge is -2.30. The Balaban J connectivity index is 1.71. The molecule has 2 aliphatic heterocycles. The van der Waals surface area contributed by atoms with Crippen LogP contribution in [-0.4, -0.2) is 44.0 Å². The first kappa shape index (κ1) is 11.9. The molecule has 0 aliphatic carbocycles. The van der Waals surface area contributed by atoms with Crippen molar-refractivity contribution in [1.82, 2.24) is 10.2 Å². The van der Waals surface area contributed by atoms with Gasteiger partial charge in [0.05, 0.1) is 5.84 Å². The van der Waals surface area contributed by atoms with E-state index in [9.17, 15) is 0 Å². The Hall–Kier alpha value is -0.570. The number of piperidine rings is 1. The van der Waals surface area contributed by atoms with Gasteiger partial charge in [0.2, 0.25) is 0 Å². The Morgan fingerprint density at radius 3 is 3.12 bits per heavy atom. The van der Waals surface area contributed by atoms with Crippen LogP contribution in [0.1, 0.15) is 38.5 Å². The zero-order valence-electron chi connectivity index (χ0n) is 10.5. The number of amidine groups is 1. The predicted molar refractivity (Wildman–Crippen MR) is 69.0 cm³/mol. The van der Waals surface area contributed by atoms with Gasteiger partial charge in [0.1, 0.15) is 0 Å². The minimum Gasteiger partial charge on any atom is -0.374 e. The monoisotopic (exact) mass is 223 g/mol. The lowest BCUT2D eigenvalue weighted by atomic mass is 9.98. The summed E-state index contributed by atoms with van der Waals surface area (Å²) in [6.07, 6.45) is 7.84. The van der Waals surface area contributed by atoms with E-state index in [-0.39, 0.29) is 0 Å². The Kier molecular flexibility index (Phi) is 4.64. The quantitative estimate of drug-likeness (QED) is 0.774. The smallest absolute Gasteiger partial charge is 0.0963 e. The van der Waals surface area contributed by atoms with Crippen molar-refractivity contribution in [3.05, 3.63) is 0 Å². The van der Waals surface area contributed by atoms with E-state index in [1.54, 1.807) is 0 Å². The first-order valence-corrected chi connectivity index (χ1v) is 6.80. The lowest BCUT2D eigenvalue weighted by molar-refractivity contribution is 0.210. The third kappa shape index (κ3) is 3.78. The molecule has 0 bridgehead atoms. The van der Waals surface area contributed by atoms with Crippen LogP contribution >= 0.6 is 0 Å². The number of hydrogen-bond acceptors (Lipinski definition) is 3. The largest absolute Gasteiger partial charge is 0.374 e. The predicted octanol–water partition coefficient (Wildman–Crippen LogP) is 1.89. The van der Waals surface area contributed by atoms with Crippen molar-refractivity contribution >= 4 is 5.84 Å². The van der Waals surface area contributed by atoms with Gasteiger partial charge < -0.3 is 10.2 Å². The second-order valence-electron chi connectivity index (χ2n) is 5.29. The fraction of sp³-hybridized carbons (Fsp3) is 0.923. The molecule has 1 N–H and O–H groups in total. The van der Waals surface area contributed by atoms with Crippen LogP contribution < -0.4 is 5.32 Å². The lowest BCUT2D eigenvalue weighted by Crippen LogP contribution is -2.39. The van der Waals surface area contributed by atoms with Crippen LogP contribution in [0.3, 0.4) is 0 Å². The molecule has 3 heteroatoms. The van der Waals surface area contributed by atoms with E-state index in [1.165, 1.54) is 57.5 Å². The van der Waals surface area contributed by atoms with Gasteiger partial charge in [-0.05, 0) is 45.2 Å². The van der Waals surface area contributed by atoms with Crippen molar-refractivity contribution in [1.29, 1.82) is 0 Å². The molecule has 1 atom stereocenters. The second kappa shape index (κ2) is 6.24. The molecule has 2 rings (SSSR count). The van der Waals surface area contributed by atoms with Gasteiger partial charge in [0.25, 0.3) is 0 Å². The van der Waals surface area contributed by atoms with Crippen LogP contribution in [0.25, 0.3) is 0 Å². The van der Waals surface area contributed by atoms with E-state index in [1.807, 2.05) is 0 Å². The van der Waals surface area contributed by atoms with Crippen LogP contribution in [0, 0.1) is 5.92 Å². The molecule has 16 heavy (non-hydrogen) atoms. The summed E-state index contributed by atoms with van der Waals surface area (Å²) in [6, 6.07) is 0. The zero-order valence-corrected chi connectivity index (χ0v) is 10.5. The first-order valence-electron chi connectivity index (χ1n) is 6.80. The normalized spacial score (nSPS) is 28.3. The van der Waals surface area contributed by atoms with E-state index in [4.69, 9.17) is 0 Å². The van der Waals surface area contributed by atoms with Crippen molar-refractivity contribution in [2.24, 2.45) is 10.9 Å². The number of aliphatic imine (C=N–C) groups is 1. The van der Waals surface area contributed by atoms with Crippen LogP contribution in [0.15, 0.2) is 4.99 Å². The molecule has 0 aromatic heterocycles. The van der Waals surface area contributed by atoms with Crippen LogP contribution in [-0.2, 0) is 0 Å². The SMILES string of the molecule is CN1CCCC(CNC2=NCCCCC2)C1. The summed E-state index contributed by atoms with van der Waals surface area (Å²) in [6.45, 7) is 4.69. The van der Waals surface area contributed by atoms with Crippen LogP contribution in [0.4, 0.5) is 0 Å². The highest BCUT2D eigenvalue weighted by Crippen LogP contribution is 2.14. The van der Waals surface area contributed by atoms with Gasteiger partial charge in [0.15, 0.2) is 0 Å². The van der Waals surface area contributed by atoms with Gasteiger partial charge in [-0.3, -0.25) is 4.99 Å². The molecule has 0 saturated carbocycles. The van der Waals surface area contributed by atoms with E-state index in [0.29, 0.717) is 0 Å². The highest BCUT2D eigenvalue weighted by Gasteiger charge is 2.17. The minimum atomic E-state index is 0.824. The highest BCUT2D eigenvalue weighted by atomic mass is 15.1. The summed E-state index contributed by atoms with van der Waals surface area (Å²) in [7, 11) is 2.23. The summed E-state index contributed by atoms with van der Waals surface area (Å²) >= 11 is 0. The van der Waals surface area contributed by atoms with E-state index < -0.39 is 0 Å². The van der Waals surface area contributed by atoms with Gasteiger partial charge in [-0.25, -0.2) is 0 Å². The van der Waals surface area contributed by atoms with Crippen LogP contribution in [0.2, 0.25) is 0 Å². The summed E-state index contributed by atoms with van der Waals surface area (Å²) in [5.41, 5.74) is 0. The molecular weight excluding hydrogens is 198 g/mol. The molecule has 2 aliphatic rings. The number of hydrogen-bond donors (Lipinski definition) is 1. The first-order chi connectivity index (χ1) is 7.84. The molecule has 0 aromatic rings. The van der Waals surface area contributed by atoms with Gasteiger partial charge in [0, 0.05) is 26.1 Å². The third-order valence-corrected chi connectivity index (χ3v) is 3.69. The number of nitrogens with zero attached hydrogens (tertiary/aromatic N) is 2. The minimum absolute atomic E-state index is 0.824. The van der Waals surface area contributed by atoms with Gasteiger partial charge in [-0.2, -0.15) is 0 Å². The molecule has 2 heterocycles. The zero-order chi connectivity index (χ0) is 11.2. The molecule has 0 aromatic carbocycles. The highest BCUT2D eigenvalue weighted by molar-refractivity contribution is 5.82. The van der Waals surface area contributed by atoms with Crippen molar-refractivity contribution in [3.8, 4) is 0 Å². The van der Waals surface area contributed by atoms with E-state index in [2.05, 4.69) is 22.3 Å². The van der Waals surface area contributed by atoms with Crippen molar-refractivity contribution in [2.45, 2.75) is 38.5 Å². The maximum absolute atomic E-state index is 4.62. The van der Waals surface area contributed by atoms with Crippen molar-refractivity contribution in [3.63, 3.8) is 0 Å². The average Bonchev–Trinajstić information content (AvgIpc) is 2.55. The maximum Gasteiger partial charge on any atom is 0.0963 e. The molecule has 0 spiro atoms. The Labute approximate surface area is 99.3 Å². The number of nitrogens with one attached hydrogen (secondary N) is 1. The summed E-state index contributed by atoms with van der Waals surface area (Å²) in [4.78, 5) is 7.07. The Bertz CT molecular complexity index is 237. The number of rotatable bonds is 2. The molecule has 92 valence electrons. The molecular formula is C13H25N3. The van der Waals surface area contributed by atoms with Crippen LogP contribution in [0.5, 0.6) is 0 Å². The average molecular weight is 223 g/mol. The molecule has 1 saturated heterocycles. The maximum atomic E-state index is 4.62. The summed E-state index contributed by atoms with van der Waals surface area (Å²) in [5.74, 6) is 2.09. The van der Waals surface area contributed by atoms with Gasteiger partial charge in [-0.15, -0.1) is 0 Å². The standard InChI is InChI=1S/C13H25N3/c1-16-9-5-6-12(11-16)10-15-13-7-3-2-4-8-14-13/h12H,2-11H2,1H3,(H,14,15). The summed E-state index contributed by atoms with van der Waals surface area (Å²) in [5, 5.41) is 3.58. The molecule has 0 radical (unpaired) electrons. The third-order valence-electron chi connectivity index (χ3n) is 3.69. The molecule has 0 amide bonds. The fourth-order valence-electron chi connectivity index (χ4n) is 2.72. The van der Waals surface area contributed by atoms with Gasteiger partial charge >= 0.3 is 0 Å². The number of likely N-dealkylation sites (tertiary alicyclic amines) is 1. The van der Waals surface area contributed by atoms with Crippen molar-refractivity contribution in [2.75, 3.05) is 33.2 Å². The molecule has 3 nitrogen and oxygen atoms in total. The van der Waals surface area contributed by atoms with E-state index >= 15 is 0 Å². The Morgan fingerprint density at radius 1 is 1.31 bits per heavy atom. The summed E-state index contributed by atoms with van der Waals surface area (Å²) < 4.78 is 0. The topological polar surface area (TPSA) is 27.6 Å². The van der Waals surface area contributed by atoms with Gasteiger partial charge in [-0.1, -0.05) is 6.42 Å². The molecule has 1 unspecified atom stereocenters. The fourth-order valence-corrected chi connectivity index (χ4v) is 2.72.